The molecule has 3 rings (SSSR count). The third-order valence-corrected chi connectivity index (χ3v) is 5.25. The summed E-state index contributed by atoms with van der Waals surface area (Å²) in [5.74, 6) is 1.77. The normalized spacial score (nSPS) is 25.5. The number of aliphatic imine (C=N–C) groups is 1. The van der Waals surface area contributed by atoms with E-state index < -0.39 is 5.79 Å². The molecule has 2 aliphatic heterocycles. The average Bonchev–Trinajstić information content (AvgIpc) is 2.66. The van der Waals surface area contributed by atoms with Gasteiger partial charge >= 0.3 is 0 Å². The van der Waals surface area contributed by atoms with Crippen LogP contribution in [-0.2, 0) is 5.79 Å². The molecule has 0 spiro atoms. The Balaban J connectivity index is 1.78. The zero-order chi connectivity index (χ0) is 19.4. The summed E-state index contributed by atoms with van der Waals surface area (Å²) in [5.41, 5.74) is 8.41. The van der Waals surface area contributed by atoms with Crippen molar-refractivity contribution in [3.05, 3.63) is 35.5 Å². The molecule has 7 nitrogen and oxygen atoms in total. The van der Waals surface area contributed by atoms with Crippen molar-refractivity contribution in [2.45, 2.75) is 25.6 Å². The summed E-state index contributed by atoms with van der Waals surface area (Å²) in [4.78, 5) is 6.59. The fourth-order valence-electron chi connectivity index (χ4n) is 3.56. The molecule has 0 aliphatic carbocycles. The topological polar surface area (TPSA) is 84.1 Å². The number of benzene rings is 1. The Hall–Kier alpha value is -2.25. The summed E-state index contributed by atoms with van der Waals surface area (Å²) in [6, 6.07) is 5.78. The van der Waals surface area contributed by atoms with Crippen molar-refractivity contribution in [1.82, 2.24) is 15.5 Å². The number of hydrogen-bond acceptors (Lipinski definition) is 6. The van der Waals surface area contributed by atoms with Crippen LogP contribution in [-0.4, -0.2) is 51.6 Å². The predicted octanol–water partition coefficient (Wildman–Crippen LogP) is 1.61. The summed E-state index contributed by atoms with van der Waals surface area (Å²) in [6.45, 7) is 4.90. The summed E-state index contributed by atoms with van der Waals surface area (Å²) < 4.78 is 11.7. The van der Waals surface area contributed by atoms with Crippen LogP contribution < -0.4 is 25.8 Å². The number of nitrogens with one attached hydrogen (secondary N) is 2. The minimum atomic E-state index is -0.953. The Bertz CT molecular complexity index is 725. The second kappa shape index (κ2) is 8.19. The van der Waals surface area contributed by atoms with Gasteiger partial charge < -0.3 is 25.0 Å². The molecular formula is C20H31N5O2. The molecule has 1 fully saturated rings. The van der Waals surface area contributed by atoms with Gasteiger partial charge in [0.15, 0.2) is 17.3 Å². The third-order valence-electron chi connectivity index (χ3n) is 5.25. The number of nitrogens with zero attached hydrogens (tertiary/aromatic N) is 2. The van der Waals surface area contributed by atoms with Gasteiger partial charge in [-0.2, -0.15) is 0 Å². The van der Waals surface area contributed by atoms with Gasteiger partial charge in [0.25, 0.3) is 0 Å². The van der Waals surface area contributed by atoms with Gasteiger partial charge in [-0.1, -0.05) is 0 Å². The molecule has 0 saturated carbocycles. The van der Waals surface area contributed by atoms with Crippen molar-refractivity contribution in [1.29, 1.82) is 0 Å². The first-order chi connectivity index (χ1) is 12.9. The number of allylic oxidation sites excluding steroid dienone is 1. The highest BCUT2D eigenvalue weighted by Gasteiger charge is 2.32. The van der Waals surface area contributed by atoms with Crippen molar-refractivity contribution in [3.8, 4) is 11.5 Å². The Labute approximate surface area is 161 Å². The van der Waals surface area contributed by atoms with Gasteiger partial charge in [0.2, 0.25) is 0 Å². The van der Waals surface area contributed by atoms with Crippen LogP contribution in [0, 0.1) is 5.92 Å². The molecule has 0 radical (unpaired) electrons. The lowest BCUT2D eigenvalue weighted by molar-refractivity contribution is 0.157. The highest BCUT2D eigenvalue weighted by molar-refractivity contribution is 5.94. The number of ether oxygens (including phenoxy) is 2. The third kappa shape index (κ3) is 4.54. The SMILES string of the molecule is CN=C1C=C(C)NC(N)(c2ccc(OC)c(OCC3CCN(C)CC3)c2)N1. The van der Waals surface area contributed by atoms with Crippen molar-refractivity contribution in [3.63, 3.8) is 0 Å². The number of piperidine rings is 1. The summed E-state index contributed by atoms with van der Waals surface area (Å²) in [5, 5.41) is 6.53. The smallest absolute Gasteiger partial charge is 0.190 e. The summed E-state index contributed by atoms with van der Waals surface area (Å²) in [6.07, 6.45) is 4.23. The van der Waals surface area contributed by atoms with E-state index in [0.29, 0.717) is 24.0 Å². The first kappa shape index (κ1) is 19.5. The number of amidine groups is 1. The fourth-order valence-corrected chi connectivity index (χ4v) is 3.56. The van der Waals surface area contributed by atoms with Gasteiger partial charge in [0.05, 0.1) is 13.7 Å². The highest BCUT2D eigenvalue weighted by atomic mass is 16.5. The number of nitrogens with two attached hydrogens (primary N) is 1. The number of rotatable bonds is 5. The number of hydrogen-bond donors (Lipinski definition) is 3. The van der Waals surface area contributed by atoms with Crippen LogP contribution in [0.5, 0.6) is 11.5 Å². The maximum Gasteiger partial charge on any atom is 0.190 e. The Kier molecular flexibility index (Phi) is 5.92. The molecule has 7 heteroatoms. The van der Waals surface area contributed by atoms with Crippen LogP contribution in [0.15, 0.2) is 35.0 Å². The minimum absolute atomic E-state index is 0.566. The highest BCUT2D eigenvalue weighted by Crippen LogP contribution is 2.32. The molecule has 0 bridgehead atoms. The number of likely N-dealkylation sites (tertiary alicyclic amines) is 1. The molecule has 0 aromatic heterocycles. The molecule has 27 heavy (non-hydrogen) atoms. The second-order valence-electron chi connectivity index (χ2n) is 7.42. The van der Waals surface area contributed by atoms with Crippen molar-refractivity contribution >= 4 is 5.84 Å². The molecule has 0 amide bonds. The van der Waals surface area contributed by atoms with Crippen molar-refractivity contribution in [2.75, 3.05) is 40.9 Å². The van der Waals surface area contributed by atoms with Crippen LogP contribution in [0.2, 0.25) is 0 Å². The van der Waals surface area contributed by atoms with E-state index in [0.717, 1.165) is 43.0 Å². The lowest BCUT2D eigenvalue weighted by atomic mass is 9.98. The van der Waals surface area contributed by atoms with E-state index in [9.17, 15) is 0 Å². The molecule has 148 valence electrons. The van der Waals surface area contributed by atoms with E-state index in [2.05, 4.69) is 27.6 Å². The van der Waals surface area contributed by atoms with E-state index in [1.807, 2.05) is 31.2 Å². The van der Waals surface area contributed by atoms with Crippen molar-refractivity contribution in [2.24, 2.45) is 16.6 Å². The number of methoxy groups -OCH3 is 1. The van der Waals surface area contributed by atoms with Gasteiger partial charge in [-0.05, 0) is 70.1 Å². The molecule has 4 N–H and O–H groups in total. The van der Waals surface area contributed by atoms with Crippen LogP contribution in [0.1, 0.15) is 25.3 Å². The first-order valence-corrected chi connectivity index (χ1v) is 9.43. The molecule has 1 saturated heterocycles. The van der Waals surface area contributed by atoms with Gasteiger partial charge in [-0.25, -0.2) is 0 Å². The van der Waals surface area contributed by atoms with E-state index in [1.165, 1.54) is 0 Å². The first-order valence-electron chi connectivity index (χ1n) is 9.43. The van der Waals surface area contributed by atoms with Crippen LogP contribution in [0.4, 0.5) is 0 Å². The quantitative estimate of drug-likeness (QED) is 0.727. The maximum atomic E-state index is 6.61. The second-order valence-corrected chi connectivity index (χ2v) is 7.42. The zero-order valence-corrected chi connectivity index (χ0v) is 16.7. The maximum absolute atomic E-state index is 6.61. The van der Waals surface area contributed by atoms with E-state index in [-0.39, 0.29) is 0 Å². The van der Waals surface area contributed by atoms with Gasteiger partial charge in [-0.3, -0.25) is 10.7 Å². The Morgan fingerprint density at radius 1 is 1.26 bits per heavy atom. The van der Waals surface area contributed by atoms with Crippen molar-refractivity contribution < 1.29 is 9.47 Å². The van der Waals surface area contributed by atoms with Gasteiger partial charge in [0, 0.05) is 18.3 Å². The van der Waals surface area contributed by atoms with Crippen LogP contribution in [0.3, 0.4) is 0 Å². The molecule has 1 aromatic carbocycles. The Morgan fingerprint density at radius 2 is 2.00 bits per heavy atom. The molecular weight excluding hydrogens is 342 g/mol. The van der Waals surface area contributed by atoms with Gasteiger partial charge in [0.1, 0.15) is 5.84 Å². The van der Waals surface area contributed by atoms with Gasteiger partial charge in [-0.15, -0.1) is 0 Å². The van der Waals surface area contributed by atoms with Crippen LogP contribution in [0.25, 0.3) is 0 Å². The predicted molar refractivity (Wildman–Crippen MR) is 108 cm³/mol. The lowest BCUT2D eigenvalue weighted by Gasteiger charge is -2.37. The largest absolute Gasteiger partial charge is 0.493 e. The molecule has 1 aromatic rings. The fraction of sp³-hybridized carbons (Fsp3) is 0.550. The van der Waals surface area contributed by atoms with E-state index in [1.54, 1.807) is 14.2 Å². The summed E-state index contributed by atoms with van der Waals surface area (Å²) in [7, 11) is 5.56. The average molecular weight is 374 g/mol. The molecule has 2 aliphatic rings. The molecule has 1 atom stereocenters. The van der Waals surface area contributed by atoms with E-state index in [4.69, 9.17) is 15.2 Å². The van der Waals surface area contributed by atoms with E-state index >= 15 is 0 Å². The standard InChI is InChI=1S/C20H31N5O2/c1-14-11-19(22-2)24-20(21,23-14)16-5-6-17(26-4)18(12-16)27-13-15-7-9-25(3)10-8-15/h5-6,11-12,15,23H,7-10,13,21H2,1-4H3,(H,22,24). The molecule has 2 heterocycles. The molecule has 1 unspecified atom stereocenters. The zero-order valence-electron chi connectivity index (χ0n) is 16.7. The lowest BCUT2D eigenvalue weighted by Crippen LogP contribution is -2.64. The minimum Gasteiger partial charge on any atom is -0.493 e. The summed E-state index contributed by atoms with van der Waals surface area (Å²) >= 11 is 0. The Morgan fingerprint density at radius 3 is 2.67 bits per heavy atom. The van der Waals surface area contributed by atoms with Crippen LogP contribution >= 0.6 is 0 Å². The monoisotopic (exact) mass is 373 g/mol.